The van der Waals surface area contributed by atoms with Gasteiger partial charge in [0.25, 0.3) is 0 Å². The van der Waals surface area contributed by atoms with E-state index >= 15 is 0 Å². The maximum Gasteiger partial charge on any atom is 0.140 e. The maximum absolute atomic E-state index is 11.6. The average molecular weight is 192 g/mol. The second-order valence-corrected chi connectivity index (χ2v) is 4.46. The quantitative estimate of drug-likeness (QED) is 0.628. The predicted molar refractivity (Wildman–Crippen MR) is 55.2 cm³/mol. The van der Waals surface area contributed by atoms with E-state index in [1.807, 2.05) is 19.1 Å². The van der Waals surface area contributed by atoms with Crippen LogP contribution in [-0.2, 0) is 4.79 Å². The highest BCUT2D eigenvalue weighted by Gasteiger charge is 2.21. The molecule has 1 aliphatic heterocycles. The fourth-order valence-electron chi connectivity index (χ4n) is 1.62. The van der Waals surface area contributed by atoms with Crippen LogP contribution in [0.3, 0.4) is 0 Å². The number of carbonyl (C=O) groups excluding carboxylic acids is 1. The Morgan fingerprint density at radius 2 is 2.15 bits per heavy atom. The van der Waals surface area contributed by atoms with Crippen LogP contribution < -0.4 is 0 Å². The second kappa shape index (κ2) is 3.54. The average Bonchev–Trinajstić information content (AvgIpc) is 2.29. The lowest BCUT2D eigenvalue weighted by molar-refractivity contribution is -0.119. The minimum atomic E-state index is 0.0891. The van der Waals surface area contributed by atoms with Gasteiger partial charge in [-0.05, 0) is 11.6 Å². The number of thioether (sulfide) groups is 1. The summed E-state index contributed by atoms with van der Waals surface area (Å²) in [6.07, 6.45) is 0.709. The third-order valence-corrected chi connectivity index (χ3v) is 3.57. The van der Waals surface area contributed by atoms with Gasteiger partial charge in [-0.25, -0.2) is 0 Å². The predicted octanol–water partition coefficient (Wildman–Crippen LogP) is 2.86. The van der Waals surface area contributed by atoms with E-state index in [1.165, 1.54) is 10.5 Å². The molecule has 0 N–H and O–H groups in total. The fourth-order valence-corrected chi connectivity index (χ4v) is 2.73. The van der Waals surface area contributed by atoms with Gasteiger partial charge in [-0.1, -0.05) is 25.1 Å². The van der Waals surface area contributed by atoms with Crippen molar-refractivity contribution in [2.75, 3.05) is 5.75 Å². The van der Waals surface area contributed by atoms with Crippen molar-refractivity contribution in [2.45, 2.75) is 24.2 Å². The van der Waals surface area contributed by atoms with Gasteiger partial charge in [-0.3, -0.25) is 4.79 Å². The van der Waals surface area contributed by atoms with Gasteiger partial charge in [0.2, 0.25) is 0 Å². The van der Waals surface area contributed by atoms with Crippen LogP contribution in [0.15, 0.2) is 29.2 Å². The molecule has 0 radical (unpaired) electrons. The number of ketones is 1. The minimum absolute atomic E-state index is 0.0891. The first-order chi connectivity index (χ1) is 6.29. The summed E-state index contributed by atoms with van der Waals surface area (Å²) in [5, 5.41) is 0. The Hall–Kier alpha value is -0.760. The minimum Gasteiger partial charge on any atom is -0.299 e. The molecule has 2 rings (SSSR count). The summed E-state index contributed by atoms with van der Waals surface area (Å²) in [5.74, 6) is 1.39. The number of rotatable bonds is 0. The van der Waals surface area contributed by atoms with Crippen molar-refractivity contribution in [1.29, 1.82) is 0 Å². The van der Waals surface area contributed by atoms with Gasteiger partial charge in [0.15, 0.2) is 0 Å². The lowest BCUT2D eigenvalue weighted by atomic mass is 9.95. The van der Waals surface area contributed by atoms with Crippen LogP contribution in [0.25, 0.3) is 0 Å². The Morgan fingerprint density at radius 3 is 3.00 bits per heavy atom. The molecule has 1 aliphatic rings. The molecule has 1 atom stereocenters. The number of benzene rings is 1. The number of hydrogen-bond donors (Lipinski definition) is 0. The van der Waals surface area contributed by atoms with E-state index in [-0.39, 0.29) is 5.92 Å². The van der Waals surface area contributed by atoms with Crippen LogP contribution in [0.4, 0.5) is 0 Å². The summed E-state index contributed by atoms with van der Waals surface area (Å²) in [7, 11) is 0. The van der Waals surface area contributed by atoms with E-state index in [0.29, 0.717) is 12.2 Å². The monoisotopic (exact) mass is 192 g/mol. The van der Waals surface area contributed by atoms with Crippen molar-refractivity contribution in [3.63, 3.8) is 0 Å². The number of carbonyl (C=O) groups is 1. The molecule has 0 saturated heterocycles. The number of fused-ring (bicyclic) bond motifs is 1. The van der Waals surface area contributed by atoms with Crippen molar-refractivity contribution in [2.24, 2.45) is 0 Å². The normalized spacial score (nSPS) is 22.2. The summed E-state index contributed by atoms with van der Waals surface area (Å²) < 4.78 is 0. The third-order valence-electron chi connectivity index (χ3n) is 2.47. The summed E-state index contributed by atoms with van der Waals surface area (Å²) >= 11 is 1.80. The van der Waals surface area contributed by atoms with Gasteiger partial charge in [0.1, 0.15) is 5.78 Å². The van der Waals surface area contributed by atoms with E-state index in [9.17, 15) is 4.79 Å². The first-order valence-electron chi connectivity index (χ1n) is 4.53. The first-order valence-corrected chi connectivity index (χ1v) is 5.52. The highest BCUT2D eigenvalue weighted by atomic mass is 32.2. The largest absolute Gasteiger partial charge is 0.299 e. The van der Waals surface area contributed by atoms with Gasteiger partial charge >= 0.3 is 0 Å². The zero-order valence-corrected chi connectivity index (χ0v) is 8.43. The van der Waals surface area contributed by atoms with E-state index in [0.717, 1.165) is 5.75 Å². The van der Waals surface area contributed by atoms with Gasteiger partial charge in [-0.2, -0.15) is 0 Å². The molecule has 0 bridgehead atoms. The molecule has 68 valence electrons. The first kappa shape index (κ1) is 8.82. The van der Waals surface area contributed by atoms with Crippen LogP contribution in [0.5, 0.6) is 0 Å². The molecule has 0 fully saturated rings. The van der Waals surface area contributed by atoms with E-state index in [4.69, 9.17) is 0 Å². The zero-order chi connectivity index (χ0) is 9.26. The maximum atomic E-state index is 11.6. The fraction of sp³-hybridized carbons (Fsp3) is 0.364. The molecule has 0 spiro atoms. The Labute approximate surface area is 82.5 Å². The molecule has 1 unspecified atom stereocenters. The molecule has 1 heterocycles. The van der Waals surface area contributed by atoms with Gasteiger partial charge < -0.3 is 0 Å². The zero-order valence-electron chi connectivity index (χ0n) is 7.62. The Morgan fingerprint density at radius 1 is 1.38 bits per heavy atom. The smallest absolute Gasteiger partial charge is 0.140 e. The summed E-state index contributed by atoms with van der Waals surface area (Å²) in [6, 6.07) is 8.22. The van der Waals surface area contributed by atoms with Crippen molar-refractivity contribution in [1.82, 2.24) is 0 Å². The van der Waals surface area contributed by atoms with Crippen LogP contribution in [0.1, 0.15) is 24.8 Å². The van der Waals surface area contributed by atoms with Crippen LogP contribution in [0, 0.1) is 0 Å². The van der Waals surface area contributed by atoms with E-state index < -0.39 is 0 Å². The van der Waals surface area contributed by atoms with Gasteiger partial charge in [-0.15, -0.1) is 11.8 Å². The highest BCUT2D eigenvalue weighted by Crippen LogP contribution is 2.33. The van der Waals surface area contributed by atoms with Crippen LogP contribution in [-0.4, -0.2) is 11.5 Å². The molecule has 0 amide bonds. The highest BCUT2D eigenvalue weighted by molar-refractivity contribution is 7.99. The number of hydrogen-bond acceptors (Lipinski definition) is 2. The SMILES string of the molecule is CC1C(=O)CCSc2ccccc21. The molecule has 0 aromatic heterocycles. The third kappa shape index (κ3) is 1.63. The van der Waals surface area contributed by atoms with Gasteiger partial charge in [0, 0.05) is 23.0 Å². The lowest BCUT2D eigenvalue weighted by Gasteiger charge is -2.09. The molecule has 0 saturated carbocycles. The van der Waals surface area contributed by atoms with Gasteiger partial charge in [0.05, 0.1) is 0 Å². The van der Waals surface area contributed by atoms with Crippen LogP contribution >= 0.6 is 11.8 Å². The molecule has 13 heavy (non-hydrogen) atoms. The molecule has 0 aliphatic carbocycles. The molecule has 2 heteroatoms. The van der Waals surface area contributed by atoms with Crippen molar-refractivity contribution >= 4 is 17.5 Å². The van der Waals surface area contributed by atoms with Crippen molar-refractivity contribution < 1.29 is 4.79 Å². The topological polar surface area (TPSA) is 17.1 Å². The molecular formula is C11H12OS. The number of Topliss-reactive ketones (excluding diaryl/α,β-unsaturated/α-hetero) is 1. The van der Waals surface area contributed by atoms with Crippen molar-refractivity contribution in [3.8, 4) is 0 Å². The summed E-state index contributed by atoms with van der Waals surface area (Å²) in [4.78, 5) is 12.8. The molecule has 1 nitrogen and oxygen atoms in total. The molecular weight excluding hydrogens is 180 g/mol. The van der Waals surface area contributed by atoms with Crippen molar-refractivity contribution in [3.05, 3.63) is 29.8 Å². The Balaban J connectivity index is 2.46. The molecule has 1 aromatic rings. The standard InChI is InChI=1S/C11H12OS/c1-8-9-4-2-3-5-11(9)13-7-6-10(8)12/h2-5,8H,6-7H2,1H3. The summed E-state index contributed by atoms with van der Waals surface area (Å²) in [6.45, 7) is 2.01. The van der Waals surface area contributed by atoms with Crippen LogP contribution in [0.2, 0.25) is 0 Å². The Kier molecular flexibility index (Phi) is 2.40. The van der Waals surface area contributed by atoms with E-state index in [1.54, 1.807) is 11.8 Å². The van der Waals surface area contributed by atoms with E-state index in [2.05, 4.69) is 12.1 Å². The second-order valence-electron chi connectivity index (χ2n) is 3.32. The Bertz CT molecular complexity index is 333. The lowest BCUT2D eigenvalue weighted by Crippen LogP contribution is -2.07. The summed E-state index contributed by atoms with van der Waals surface area (Å²) in [5.41, 5.74) is 1.20. The molecule has 1 aromatic carbocycles.